The molecule has 1 aromatic carbocycles. The molecule has 0 radical (unpaired) electrons. The molecule has 0 saturated carbocycles. The van der Waals surface area contributed by atoms with Gasteiger partial charge in [0, 0.05) is 25.7 Å². The largest absolute Gasteiger partial charge is 0.417 e. The van der Waals surface area contributed by atoms with Crippen LogP contribution in [-0.4, -0.2) is 43.4 Å². The third kappa shape index (κ3) is 2.98. The molecule has 21 heavy (non-hydrogen) atoms. The van der Waals surface area contributed by atoms with E-state index in [9.17, 15) is 13.2 Å². The fourth-order valence-electron chi connectivity index (χ4n) is 2.36. The minimum atomic E-state index is -3.55. The van der Waals surface area contributed by atoms with Crippen LogP contribution in [0.5, 0.6) is 0 Å². The van der Waals surface area contributed by atoms with Gasteiger partial charge in [-0.1, -0.05) is 0 Å². The Kier molecular flexibility index (Phi) is 4.43. The molecule has 1 atom stereocenters. The molecule has 1 unspecified atom stereocenters. The van der Waals surface area contributed by atoms with E-state index in [4.69, 9.17) is 4.42 Å². The molecule has 1 saturated heterocycles. The van der Waals surface area contributed by atoms with Crippen LogP contribution >= 0.6 is 12.4 Å². The Bertz CT molecular complexity index is 798. The summed E-state index contributed by atoms with van der Waals surface area (Å²) in [6.45, 7) is 3.44. The molecule has 0 aliphatic carbocycles. The van der Waals surface area contributed by atoms with Gasteiger partial charge < -0.3 is 9.73 Å². The number of hydrogen-bond acceptors (Lipinski definition) is 5. The van der Waals surface area contributed by atoms with E-state index in [0.29, 0.717) is 30.7 Å². The van der Waals surface area contributed by atoms with Crippen LogP contribution in [0.15, 0.2) is 32.3 Å². The number of nitrogens with zero attached hydrogens (tertiary/aromatic N) is 1. The predicted octanol–water partition coefficient (Wildman–Crippen LogP) is 0.525. The first kappa shape index (κ1) is 16.0. The average molecular weight is 334 g/mol. The maximum Gasteiger partial charge on any atom is 0.417 e. The Morgan fingerprint density at radius 1 is 1.38 bits per heavy atom. The molecule has 2 aromatic rings. The van der Waals surface area contributed by atoms with Gasteiger partial charge in [0.25, 0.3) is 0 Å². The Morgan fingerprint density at radius 2 is 2.14 bits per heavy atom. The molecule has 1 aliphatic rings. The van der Waals surface area contributed by atoms with Crippen molar-refractivity contribution in [2.45, 2.75) is 17.9 Å². The first-order valence-electron chi connectivity index (χ1n) is 6.33. The van der Waals surface area contributed by atoms with Gasteiger partial charge in [0.1, 0.15) is 0 Å². The minimum Gasteiger partial charge on any atom is -0.408 e. The van der Waals surface area contributed by atoms with Crippen LogP contribution in [0.4, 0.5) is 0 Å². The Morgan fingerprint density at radius 3 is 2.86 bits per heavy atom. The van der Waals surface area contributed by atoms with Gasteiger partial charge in [-0.15, -0.1) is 12.4 Å². The molecule has 116 valence electrons. The molecular weight excluding hydrogens is 318 g/mol. The van der Waals surface area contributed by atoms with Crippen molar-refractivity contribution in [1.82, 2.24) is 14.6 Å². The lowest BCUT2D eigenvalue weighted by Crippen LogP contribution is -2.51. The third-order valence-corrected chi connectivity index (χ3v) is 5.22. The van der Waals surface area contributed by atoms with Gasteiger partial charge in [-0.3, -0.25) is 4.98 Å². The first-order valence-corrected chi connectivity index (χ1v) is 7.77. The highest BCUT2D eigenvalue weighted by Gasteiger charge is 2.28. The summed E-state index contributed by atoms with van der Waals surface area (Å²) in [7, 11) is -3.55. The molecule has 0 amide bonds. The number of sulfonamides is 1. The topological polar surface area (TPSA) is 95.4 Å². The second-order valence-corrected chi connectivity index (χ2v) is 6.83. The van der Waals surface area contributed by atoms with E-state index in [1.807, 2.05) is 6.92 Å². The summed E-state index contributed by atoms with van der Waals surface area (Å²) >= 11 is 0. The highest BCUT2D eigenvalue weighted by Crippen LogP contribution is 2.21. The Labute approximate surface area is 127 Å². The fraction of sp³-hybridized carbons (Fsp3) is 0.417. The summed E-state index contributed by atoms with van der Waals surface area (Å²) in [6, 6.07) is 4.51. The monoisotopic (exact) mass is 333 g/mol. The van der Waals surface area contributed by atoms with Crippen LogP contribution < -0.4 is 11.1 Å². The van der Waals surface area contributed by atoms with E-state index in [2.05, 4.69) is 10.3 Å². The van der Waals surface area contributed by atoms with E-state index in [1.165, 1.54) is 22.5 Å². The molecule has 1 aliphatic heterocycles. The molecule has 1 aromatic heterocycles. The number of rotatable bonds is 2. The number of halogens is 1. The lowest BCUT2D eigenvalue weighted by molar-refractivity contribution is 0.310. The van der Waals surface area contributed by atoms with E-state index < -0.39 is 15.8 Å². The quantitative estimate of drug-likeness (QED) is 0.835. The summed E-state index contributed by atoms with van der Waals surface area (Å²) in [5.74, 6) is -0.592. The average Bonchev–Trinajstić information content (AvgIpc) is 2.77. The van der Waals surface area contributed by atoms with Gasteiger partial charge in [0.05, 0.1) is 10.4 Å². The van der Waals surface area contributed by atoms with Crippen LogP contribution in [-0.2, 0) is 10.0 Å². The van der Waals surface area contributed by atoms with Gasteiger partial charge in [-0.05, 0) is 25.1 Å². The minimum absolute atomic E-state index is 0. The fourth-order valence-corrected chi connectivity index (χ4v) is 3.91. The van der Waals surface area contributed by atoms with Crippen LogP contribution in [0.1, 0.15) is 6.92 Å². The standard InChI is InChI=1S/C12H15N3O4S.ClH/c1-8-7-15(5-4-13-8)20(17,18)9-2-3-11-10(6-9)14-12(16)19-11;/h2-3,6,8,13H,4-5,7H2,1H3,(H,14,16);1H. The van der Waals surface area contributed by atoms with Crippen molar-refractivity contribution in [3.05, 3.63) is 28.7 Å². The van der Waals surface area contributed by atoms with Crippen molar-refractivity contribution in [1.29, 1.82) is 0 Å². The molecule has 7 nitrogen and oxygen atoms in total. The molecular formula is C12H16ClN3O4S. The van der Waals surface area contributed by atoms with Crippen molar-refractivity contribution >= 4 is 33.5 Å². The van der Waals surface area contributed by atoms with Crippen molar-refractivity contribution in [2.24, 2.45) is 0 Å². The Balaban J connectivity index is 0.00000161. The zero-order valence-corrected chi connectivity index (χ0v) is 13.0. The summed E-state index contributed by atoms with van der Waals surface area (Å²) in [6.07, 6.45) is 0. The summed E-state index contributed by atoms with van der Waals surface area (Å²) < 4.78 is 31.4. The number of fused-ring (bicyclic) bond motifs is 1. The third-order valence-electron chi connectivity index (χ3n) is 3.36. The molecule has 3 rings (SSSR count). The SMILES string of the molecule is CC1CN(S(=O)(=O)c2ccc3oc(=O)[nH]c3c2)CCN1.Cl. The number of oxazole rings is 1. The van der Waals surface area contributed by atoms with Crippen molar-refractivity contribution < 1.29 is 12.8 Å². The zero-order valence-electron chi connectivity index (χ0n) is 11.3. The smallest absolute Gasteiger partial charge is 0.408 e. The van der Waals surface area contributed by atoms with Crippen LogP contribution in [0, 0.1) is 0 Å². The van der Waals surface area contributed by atoms with Gasteiger partial charge in [-0.2, -0.15) is 4.31 Å². The second-order valence-electron chi connectivity index (χ2n) is 4.89. The molecule has 0 bridgehead atoms. The van der Waals surface area contributed by atoms with E-state index in [1.54, 1.807) is 0 Å². The number of benzene rings is 1. The second kappa shape index (κ2) is 5.80. The highest BCUT2D eigenvalue weighted by atomic mass is 35.5. The van der Waals surface area contributed by atoms with Crippen molar-refractivity contribution in [3.8, 4) is 0 Å². The number of hydrogen-bond donors (Lipinski definition) is 2. The van der Waals surface area contributed by atoms with Crippen molar-refractivity contribution in [2.75, 3.05) is 19.6 Å². The van der Waals surface area contributed by atoms with Gasteiger partial charge in [0.15, 0.2) is 5.58 Å². The summed E-state index contributed by atoms with van der Waals surface area (Å²) in [5, 5.41) is 3.20. The predicted molar refractivity (Wildman–Crippen MR) is 80.3 cm³/mol. The van der Waals surface area contributed by atoms with Crippen LogP contribution in [0.3, 0.4) is 0 Å². The van der Waals surface area contributed by atoms with Gasteiger partial charge in [0.2, 0.25) is 10.0 Å². The molecule has 1 fully saturated rings. The van der Waals surface area contributed by atoms with E-state index in [0.717, 1.165) is 0 Å². The van der Waals surface area contributed by atoms with E-state index >= 15 is 0 Å². The molecule has 9 heteroatoms. The Hall–Kier alpha value is -1.35. The number of nitrogens with one attached hydrogen (secondary N) is 2. The van der Waals surface area contributed by atoms with Gasteiger partial charge >= 0.3 is 5.76 Å². The number of aromatic amines is 1. The zero-order chi connectivity index (χ0) is 14.3. The molecule has 2 N–H and O–H groups in total. The number of piperazine rings is 1. The summed E-state index contributed by atoms with van der Waals surface area (Å²) in [4.78, 5) is 13.7. The first-order chi connectivity index (χ1) is 9.46. The number of aromatic nitrogens is 1. The van der Waals surface area contributed by atoms with Crippen molar-refractivity contribution in [3.63, 3.8) is 0 Å². The molecule has 0 spiro atoms. The summed E-state index contributed by atoms with van der Waals surface area (Å²) in [5.41, 5.74) is 0.738. The van der Waals surface area contributed by atoms with Gasteiger partial charge in [-0.25, -0.2) is 13.2 Å². The normalized spacial score (nSPS) is 20.3. The highest BCUT2D eigenvalue weighted by molar-refractivity contribution is 7.89. The lowest BCUT2D eigenvalue weighted by atomic mass is 10.3. The van der Waals surface area contributed by atoms with Crippen LogP contribution in [0.25, 0.3) is 11.1 Å². The number of H-pyrrole nitrogens is 1. The van der Waals surface area contributed by atoms with E-state index in [-0.39, 0.29) is 23.3 Å². The lowest BCUT2D eigenvalue weighted by Gasteiger charge is -2.30. The maximum atomic E-state index is 12.6. The molecule has 2 heterocycles. The maximum absolute atomic E-state index is 12.6. The van der Waals surface area contributed by atoms with Crippen LogP contribution in [0.2, 0.25) is 0 Å².